The van der Waals surface area contributed by atoms with E-state index in [1.54, 1.807) is 20.8 Å². The molecule has 1 aliphatic heterocycles. The number of carbonyl (C=O) groups is 2. The minimum atomic E-state index is -4.67. The first-order chi connectivity index (χ1) is 19.8. The van der Waals surface area contributed by atoms with Gasteiger partial charge in [0.25, 0.3) is 0 Å². The second-order valence-corrected chi connectivity index (χ2v) is 11.0. The van der Waals surface area contributed by atoms with E-state index in [1.807, 2.05) is 0 Å². The lowest BCUT2D eigenvalue weighted by Gasteiger charge is -2.25. The summed E-state index contributed by atoms with van der Waals surface area (Å²) in [5.74, 6) is -0.608. The molecule has 232 valence electrons. The first kappa shape index (κ1) is 32.7. The highest BCUT2D eigenvalue weighted by Crippen LogP contribution is 2.39. The number of carbonyl (C=O) groups excluding carboxylic acids is 1. The Labute approximate surface area is 242 Å². The number of unbranched alkanes of at least 4 members (excludes halogenated alkanes) is 5. The van der Waals surface area contributed by atoms with Crippen LogP contribution in [0.25, 0.3) is 11.4 Å². The molecule has 0 saturated carbocycles. The van der Waals surface area contributed by atoms with E-state index in [4.69, 9.17) is 14.0 Å². The molecule has 1 aliphatic rings. The van der Waals surface area contributed by atoms with Gasteiger partial charge in [-0.2, -0.15) is 18.2 Å². The Morgan fingerprint density at radius 2 is 1.88 bits per heavy atom. The van der Waals surface area contributed by atoms with Gasteiger partial charge in [-0.15, -0.1) is 4.99 Å². The summed E-state index contributed by atoms with van der Waals surface area (Å²) in [6.45, 7) is 7.51. The van der Waals surface area contributed by atoms with Gasteiger partial charge in [0.15, 0.2) is 0 Å². The number of likely N-dealkylation sites (tertiary alicyclic amines) is 1. The molecule has 1 unspecified atom stereocenters. The Hall–Kier alpha value is -3.84. The molecule has 1 aromatic heterocycles. The van der Waals surface area contributed by atoms with Crippen LogP contribution in [0.4, 0.5) is 22.8 Å². The van der Waals surface area contributed by atoms with Crippen LogP contribution >= 0.6 is 0 Å². The molecule has 0 aliphatic carbocycles. The highest BCUT2D eigenvalue weighted by molar-refractivity contribution is 5.98. The Morgan fingerprint density at radius 1 is 1.17 bits per heavy atom. The van der Waals surface area contributed by atoms with Crippen LogP contribution in [-0.2, 0) is 10.9 Å². The quantitative estimate of drug-likeness (QED) is 0.165. The normalized spacial score (nSPS) is 16.0. The van der Waals surface area contributed by atoms with E-state index in [1.165, 1.54) is 17.0 Å². The molecule has 0 bridgehead atoms. The molecule has 2 N–H and O–H groups in total. The molecule has 1 atom stereocenters. The van der Waals surface area contributed by atoms with Gasteiger partial charge in [-0.05, 0) is 58.2 Å². The zero-order valence-electron chi connectivity index (χ0n) is 24.3. The molecule has 11 nitrogen and oxygen atoms in total. The van der Waals surface area contributed by atoms with Crippen molar-refractivity contribution in [3.63, 3.8) is 0 Å². The zero-order valence-corrected chi connectivity index (χ0v) is 24.3. The lowest BCUT2D eigenvalue weighted by atomic mass is 10.1. The number of rotatable bonds is 10. The lowest BCUT2D eigenvalue weighted by Crippen LogP contribution is -2.44. The van der Waals surface area contributed by atoms with Gasteiger partial charge >= 0.3 is 18.4 Å². The molecule has 2 heterocycles. The summed E-state index contributed by atoms with van der Waals surface area (Å²) >= 11 is 0. The number of ether oxygens (including phenoxy) is 2. The molecule has 1 saturated heterocycles. The number of benzene rings is 1. The van der Waals surface area contributed by atoms with Crippen molar-refractivity contribution >= 4 is 18.1 Å². The van der Waals surface area contributed by atoms with Gasteiger partial charge in [0.05, 0.1) is 12.2 Å². The summed E-state index contributed by atoms with van der Waals surface area (Å²) in [6.07, 6.45) is -0.207. The Morgan fingerprint density at radius 3 is 2.55 bits per heavy atom. The highest BCUT2D eigenvalue weighted by atomic mass is 19.4. The standard InChI is InChI=1S/C28H38F3N5O6/c1-5-6-7-8-9-10-16-40-21-14-13-18(17-19(21)28(29,30)31)22-32-23(42-35-22)20-12-11-15-36(20)24(33-25(37)38)34-26(39)41-27(2,3)4/h13-14,17,20H,5-12,15-16H2,1-4H3,(H,37,38)(H,33,34,39). The maximum atomic E-state index is 13.9. The summed E-state index contributed by atoms with van der Waals surface area (Å²) in [6, 6.07) is 2.91. The van der Waals surface area contributed by atoms with Gasteiger partial charge < -0.3 is 24.0 Å². The molecule has 42 heavy (non-hydrogen) atoms. The van der Waals surface area contributed by atoms with E-state index < -0.39 is 35.6 Å². The van der Waals surface area contributed by atoms with Crippen LogP contribution in [0, 0.1) is 0 Å². The van der Waals surface area contributed by atoms with Gasteiger partial charge in [-0.3, -0.25) is 5.32 Å². The minimum absolute atomic E-state index is 0.0311. The fourth-order valence-corrected chi connectivity index (χ4v) is 4.48. The van der Waals surface area contributed by atoms with Crippen molar-refractivity contribution in [1.82, 2.24) is 20.4 Å². The number of hydrogen-bond donors (Lipinski definition) is 2. The van der Waals surface area contributed by atoms with E-state index in [-0.39, 0.29) is 35.6 Å². The summed E-state index contributed by atoms with van der Waals surface area (Å²) in [7, 11) is 0. The first-order valence-corrected chi connectivity index (χ1v) is 14.0. The van der Waals surface area contributed by atoms with Crippen LogP contribution in [0.1, 0.15) is 96.6 Å². The van der Waals surface area contributed by atoms with Crippen LogP contribution in [0.2, 0.25) is 0 Å². The average Bonchev–Trinajstić information content (AvgIpc) is 3.56. The monoisotopic (exact) mass is 597 g/mol. The minimum Gasteiger partial charge on any atom is -0.493 e. The second-order valence-electron chi connectivity index (χ2n) is 11.0. The molecule has 1 aromatic carbocycles. The number of nitrogens with one attached hydrogen (secondary N) is 1. The molecule has 3 rings (SSSR count). The van der Waals surface area contributed by atoms with Crippen LogP contribution in [0.5, 0.6) is 5.75 Å². The number of carboxylic acid groups (broad SMARTS) is 1. The highest BCUT2D eigenvalue weighted by Gasteiger charge is 2.37. The number of aliphatic imine (C=N–C) groups is 1. The topological polar surface area (TPSA) is 139 Å². The van der Waals surface area contributed by atoms with Crippen molar-refractivity contribution in [2.75, 3.05) is 13.2 Å². The number of alkyl halides is 3. The van der Waals surface area contributed by atoms with Gasteiger partial charge in [-0.25, -0.2) is 9.59 Å². The molecule has 0 radical (unpaired) electrons. The van der Waals surface area contributed by atoms with Crippen molar-refractivity contribution in [3.05, 3.63) is 29.7 Å². The third kappa shape index (κ3) is 9.62. The smallest absolute Gasteiger partial charge is 0.437 e. The predicted molar refractivity (Wildman–Crippen MR) is 147 cm³/mol. The fourth-order valence-electron chi connectivity index (χ4n) is 4.48. The number of amides is 2. The number of nitrogens with zero attached hydrogens (tertiary/aromatic N) is 4. The Bertz CT molecular complexity index is 1240. The van der Waals surface area contributed by atoms with E-state index >= 15 is 0 Å². The SMILES string of the molecule is CCCCCCCCOc1ccc(-c2noc(C3CCCN3C(=NC(=O)OC(C)(C)C)NC(=O)O)n2)cc1C(F)(F)F. The molecule has 0 spiro atoms. The Balaban J connectivity index is 1.79. The van der Waals surface area contributed by atoms with Gasteiger partial charge in [0, 0.05) is 12.1 Å². The fraction of sp³-hybridized carbons (Fsp3) is 0.607. The van der Waals surface area contributed by atoms with Crippen molar-refractivity contribution in [1.29, 1.82) is 0 Å². The van der Waals surface area contributed by atoms with E-state index in [0.29, 0.717) is 25.8 Å². The largest absolute Gasteiger partial charge is 0.493 e. The van der Waals surface area contributed by atoms with Gasteiger partial charge in [0.2, 0.25) is 17.7 Å². The van der Waals surface area contributed by atoms with E-state index in [0.717, 1.165) is 38.2 Å². The van der Waals surface area contributed by atoms with Crippen LogP contribution in [-0.4, -0.2) is 57.0 Å². The zero-order chi connectivity index (χ0) is 30.9. The molecule has 1 fully saturated rings. The molecule has 2 aromatic rings. The average molecular weight is 598 g/mol. The Kier molecular flexibility index (Phi) is 11.2. The summed E-state index contributed by atoms with van der Waals surface area (Å²) < 4.78 is 57.8. The maximum Gasteiger partial charge on any atom is 0.437 e. The molecular weight excluding hydrogens is 559 g/mol. The van der Waals surface area contributed by atoms with Crippen LogP contribution in [0.15, 0.2) is 27.7 Å². The lowest BCUT2D eigenvalue weighted by molar-refractivity contribution is -0.138. The van der Waals surface area contributed by atoms with Gasteiger partial charge in [-0.1, -0.05) is 44.2 Å². The van der Waals surface area contributed by atoms with Crippen LogP contribution < -0.4 is 10.1 Å². The van der Waals surface area contributed by atoms with Gasteiger partial charge in [0.1, 0.15) is 17.4 Å². The number of hydrogen-bond acceptors (Lipinski definition) is 7. The maximum absolute atomic E-state index is 13.9. The van der Waals surface area contributed by atoms with Crippen molar-refractivity contribution in [3.8, 4) is 17.1 Å². The first-order valence-electron chi connectivity index (χ1n) is 14.0. The summed E-state index contributed by atoms with van der Waals surface area (Å²) in [4.78, 5) is 33.3. The van der Waals surface area contributed by atoms with E-state index in [9.17, 15) is 27.9 Å². The molecule has 14 heteroatoms. The third-order valence-electron chi connectivity index (χ3n) is 6.36. The molecule has 2 amide bonds. The number of halogens is 3. The van der Waals surface area contributed by atoms with Crippen molar-refractivity contribution in [2.45, 2.75) is 96.9 Å². The van der Waals surface area contributed by atoms with Crippen LogP contribution in [0.3, 0.4) is 0 Å². The van der Waals surface area contributed by atoms with Crippen molar-refractivity contribution < 1.29 is 41.9 Å². The predicted octanol–water partition coefficient (Wildman–Crippen LogP) is 7.19. The number of guanidine groups is 1. The summed E-state index contributed by atoms with van der Waals surface area (Å²) in [5, 5.41) is 15.3. The second kappa shape index (κ2) is 14.4. The third-order valence-corrected chi connectivity index (χ3v) is 6.36. The van der Waals surface area contributed by atoms with E-state index in [2.05, 4.69) is 27.4 Å². The number of aromatic nitrogens is 2. The molecular formula is C28H38F3N5O6. The summed E-state index contributed by atoms with van der Waals surface area (Å²) in [5.41, 5.74) is -1.73. The van der Waals surface area contributed by atoms with Crippen molar-refractivity contribution in [2.24, 2.45) is 4.99 Å².